The predicted octanol–water partition coefficient (Wildman–Crippen LogP) is 0.578. The molecule has 7 nitrogen and oxygen atoms in total. The summed E-state index contributed by atoms with van der Waals surface area (Å²) in [6.45, 7) is 2.08. The summed E-state index contributed by atoms with van der Waals surface area (Å²) in [6.07, 6.45) is 1.36. The minimum absolute atomic E-state index is 0.0993. The van der Waals surface area contributed by atoms with Crippen LogP contribution >= 0.6 is 0 Å². The van der Waals surface area contributed by atoms with Crippen molar-refractivity contribution in [3.8, 4) is 5.75 Å². The van der Waals surface area contributed by atoms with E-state index < -0.39 is 10.2 Å². The summed E-state index contributed by atoms with van der Waals surface area (Å²) < 4.78 is 32.7. The zero-order valence-corrected chi connectivity index (χ0v) is 15.5. The second-order valence-corrected chi connectivity index (χ2v) is 8.80. The zero-order chi connectivity index (χ0) is 18.0. The first-order chi connectivity index (χ1) is 11.9. The number of hydrogen-bond acceptors (Lipinski definition) is 4. The van der Waals surface area contributed by atoms with Crippen LogP contribution in [0.3, 0.4) is 0 Å². The first-order valence-corrected chi connectivity index (χ1v) is 9.96. The van der Waals surface area contributed by atoms with E-state index in [2.05, 4.69) is 0 Å². The van der Waals surface area contributed by atoms with Crippen LogP contribution in [-0.4, -0.2) is 74.7 Å². The molecule has 1 fully saturated rings. The van der Waals surface area contributed by atoms with Crippen LogP contribution in [0.15, 0.2) is 24.3 Å². The monoisotopic (exact) mass is 367 g/mol. The van der Waals surface area contributed by atoms with Crippen molar-refractivity contribution in [3.05, 3.63) is 29.8 Å². The topological polar surface area (TPSA) is 70.2 Å². The van der Waals surface area contributed by atoms with Gasteiger partial charge in [-0.2, -0.15) is 17.0 Å². The lowest BCUT2D eigenvalue weighted by Crippen LogP contribution is -2.54. The van der Waals surface area contributed by atoms with Crippen LogP contribution in [0.25, 0.3) is 0 Å². The van der Waals surface area contributed by atoms with Gasteiger partial charge >= 0.3 is 0 Å². The number of nitrogens with zero attached hydrogens (tertiary/aromatic N) is 3. The fourth-order valence-corrected chi connectivity index (χ4v) is 4.42. The maximum absolute atomic E-state index is 12.9. The molecule has 2 aliphatic rings. The lowest BCUT2D eigenvalue weighted by molar-refractivity contribution is -0.137. The molecule has 138 valence electrons. The fourth-order valence-electron chi connectivity index (χ4n) is 3.33. The molecular weight excluding hydrogens is 342 g/mol. The van der Waals surface area contributed by atoms with Gasteiger partial charge in [-0.1, -0.05) is 18.2 Å². The molecule has 0 spiro atoms. The van der Waals surface area contributed by atoms with E-state index in [-0.39, 0.29) is 11.8 Å². The molecule has 2 heterocycles. The Morgan fingerprint density at radius 3 is 2.52 bits per heavy atom. The average molecular weight is 367 g/mol. The minimum Gasteiger partial charge on any atom is -0.493 e. The highest BCUT2D eigenvalue weighted by Crippen LogP contribution is 2.28. The van der Waals surface area contributed by atoms with Gasteiger partial charge in [-0.3, -0.25) is 4.79 Å². The maximum Gasteiger partial charge on any atom is 0.281 e. The van der Waals surface area contributed by atoms with E-state index in [1.54, 1.807) is 4.90 Å². The highest BCUT2D eigenvalue weighted by molar-refractivity contribution is 7.86. The van der Waals surface area contributed by atoms with Crippen LogP contribution in [0.2, 0.25) is 0 Å². The van der Waals surface area contributed by atoms with Crippen molar-refractivity contribution < 1.29 is 17.9 Å². The van der Waals surface area contributed by atoms with E-state index in [0.29, 0.717) is 45.6 Å². The second kappa shape index (κ2) is 7.31. The molecular formula is C17H25N3O4S. The van der Waals surface area contributed by atoms with Crippen LogP contribution in [0.5, 0.6) is 5.75 Å². The SMILES string of the molecule is CN(C)S(=O)(=O)N1CCN(C(=O)[C@H]2CCOc3ccccc3C2)CC1. The van der Waals surface area contributed by atoms with Gasteiger partial charge in [0.15, 0.2) is 0 Å². The lowest BCUT2D eigenvalue weighted by atomic mass is 9.95. The molecule has 1 saturated heterocycles. The lowest BCUT2D eigenvalue weighted by Gasteiger charge is -2.36. The van der Waals surface area contributed by atoms with Gasteiger partial charge in [0.05, 0.1) is 6.61 Å². The predicted molar refractivity (Wildman–Crippen MR) is 94.5 cm³/mol. The van der Waals surface area contributed by atoms with Crippen LogP contribution in [0.4, 0.5) is 0 Å². The molecule has 0 aliphatic carbocycles. The van der Waals surface area contributed by atoms with Crippen molar-refractivity contribution in [1.29, 1.82) is 0 Å². The number of para-hydroxylation sites is 1. The van der Waals surface area contributed by atoms with Gasteiger partial charge in [0.2, 0.25) is 5.91 Å². The Kier molecular flexibility index (Phi) is 5.31. The number of carbonyl (C=O) groups excluding carboxylic acids is 1. The molecule has 1 atom stereocenters. The van der Waals surface area contributed by atoms with E-state index >= 15 is 0 Å². The summed E-state index contributed by atoms with van der Waals surface area (Å²) in [5.41, 5.74) is 1.06. The smallest absolute Gasteiger partial charge is 0.281 e. The molecule has 1 aromatic carbocycles. The first-order valence-electron chi connectivity index (χ1n) is 8.56. The molecule has 1 aromatic rings. The van der Waals surface area contributed by atoms with Crippen molar-refractivity contribution in [2.45, 2.75) is 12.8 Å². The van der Waals surface area contributed by atoms with Gasteiger partial charge in [-0.15, -0.1) is 0 Å². The normalized spacial score (nSPS) is 22.2. The summed E-state index contributed by atoms with van der Waals surface area (Å²) in [4.78, 5) is 14.7. The molecule has 3 rings (SSSR count). The third-order valence-electron chi connectivity index (χ3n) is 4.85. The average Bonchev–Trinajstić information content (AvgIpc) is 2.83. The second-order valence-electron chi connectivity index (χ2n) is 6.66. The number of amides is 1. The van der Waals surface area contributed by atoms with Crippen LogP contribution < -0.4 is 4.74 Å². The number of benzene rings is 1. The van der Waals surface area contributed by atoms with E-state index in [4.69, 9.17) is 4.74 Å². The molecule has 0 aromatic heterocycles. The number of piperazine rings is 1. The van der Waals surface area contributed by atoms with Gasteiger partial charge < -0.3 is 9.64 Å². The Balaban J connectivity index is 1.63. The number of carbonyl (C=O) groups is 1. The first kappa shape index (κ1) is 18.2. The van der Waals surface area contributed by atoms with Crippen molar-refractivity contribution in [2.75, 3.05) is 46.9 Å². The van der Waals surface area contributed by atoms with Crippen molar-refractivity contribution in [2.24, 2.45) is 5.92 Å². The highest BCUT2D eigenvalue weighted by atomic mass is 32.2. The van der Waals surface area contributed by atoms with Crippen LogP contribution in [-0.2, 0) is 21.4 Å². The molecule has 8 heteroatoms. The number of hydrogen-bond donors (Lipinski definition) is 0. The largest absolute Gasteiger partial charge is 0.493 e. The highest BCUT2D eigenvalue weighted by Gasteiger charge is 2.33. The third-order valence-corrected chi connectivity index (χ3v) is 6.79. The molecule has 25 heavy (non-hydrogen) atoms. The van der Waals surface area contributed by atoms with Crippen molar-refractivity contribution >= 4 is 16.1 Å². The van der Waals surface area contributed by atoms with E-state index in [9.17, 15) is 13.2 Å². The summed E-state index contributed by atoms with van der Waals surface area (Å²) in [5, 5.41) is 0. The number of fused-ring (bicyclic) bond motifs is 1. The Labute approximate surface area is 149 Å². The van der Waals surface area contributed by atoms with Gasteiger partial charge in [0.25, 0.3) is 10.2 Å². The van der Waals surface area contributed by atoms with E-state index in [1.165, 1.54) is 22.7 Å². The van der Waals surface area contributed by atoms with Gasteiger partial charge in [-0.25, -0.2) is 0 Å². The fraction of sp³-hybridized carbons (Fsp3) is 0.588. The Morgan fingerprint density at radius 2 is 1.84 bits per heavy atom. The quantitative estimate of drug-likeness (QED) is 0.784. The molecule has 2 aliphatic heterocycles. The minimum atomic E-state index is -3.41. The van der Waals surface area contributed by atoms with Gasteiger partial charge in [0.1, 0.15) is 5.75 Å². The Morgan fingerprint density at radius 1 is 1.16 bits per heavy atom. The van der Waals surface area contributed by atoms with Crippen molar-refractivity contribution in [3.63, 3.8) is 0 Å². The Hall–Kier alpha value is -1.64. The number of rotatable bonds is 3. The van der Waals surface area contributed by atoms with Gasteiger partial charge in [-0.05, 0) is 24.5 Å². The van der Waals surface area contributed by atoms with E-state index in [0.717, 1.165) is 11.3 Å². The van der Waals surface area contributed by atoms with Gasteiger partial charge in [0, 0.05) is 46.2 Å². The summed E-state index contributed by atoms with van der Waals surface area (Å²) in [6, 6.07) is 7.83. The molecule has 0 unspecified atom stereocenters. The molecule has 1 amide bonds. The molecule has 0 radical (unpaired) electrons. The molecule has 0 N–H and O–H groups in total. The van der Waals surface area contributed by atoms with Crippen LogP contribution in [0, 0.1) is 5.92 Å². The maximum atomic E-state index is 12.9. The standard InChI is InChI=1S/C17H25N3O4S/c1-18(2)25(22,23)20-10-8-19(9-11-20)17(21)15-7-12-24-16-6-4-3-5-14(16)13-15/h3-6,15H,7-13H2,1-2H3/t15-/m0/s1. The summed E-state index contributed by atoms with van der Waals surface area (Å²) in [7, 11) is -0.364. The molecule has 0 saturated carbocycles. The zero-order valence-electron chi connectivity index (χ0n) is 14.7. The summed E-state index contributed by atoms with van der Waals surface area (Å²) >= 11 is 0. The Bertz CT molecular complexity index is 727. The third kappa shape index (κ3) is 3.80. The van der Waals surface area contributed by atoms with Crippen molar-refractivity contribution in [1.82, 2.24) is 13.5 Å². The number of ether oxygens (including phenoxy) is 1. The molecule has 0 bridgehead atoms. The summed E-state index contributed by atoms with van der Waals surface area (Å²) in [5.74, 6) is 0.850. The van der Waals surface area contributed by atoms with E-state index in [1.807, 2.05) is 24.3 Å². The van der Waals surface area contributed by atoms with Crippen LogP contribution in [0.1, 0.15) is 12.0 Å².